The number of rotatable bonds is 3. The van der Waals surface area contributed by atoms with Gasteiger partial charge in [-0.2, -0.15) is 5.26 Å². The zero-order valence-electron chi connectivity index (χ0n) is 10.1. The van der Waals surface area contributed by atoms with Gasteiger partial charge in [0, 0.05) is 24.0 Å². The highest BCUT2D eigenvalue weighted by molar-refractivity contribution is 5.20. The topological polar surface area (TPSA) is 48.7 Å². The maximum absolute atomic E-state index is 9.24. The van der Waals surface area contributed by atoms with Crippen LogP contribution in [0.15, 0.2) is 24.5 Å². The molecule has 1 saturated carbocycles. The van der Waals surface area contributed by atoms with Gasteiger partial charge in [0.05, 0.1) is 6.07 Å². The first-order valence-electron chi connectivity index (χ1n) is 6.46. The minimum absolute atomic E-state index is 0.216. The smallest absolute Gasteiger partial charge is 0.123 e. The molecule has 90 valence electrons. The molecule has 1 N–H and O–H groups in total. The molecule has 0 amide bonds. The molecular formula is C14H19N3. The van der Waals surface area contributed by atoms with E-state index in [0.717, 1.165) is 5.56 Å². The molecule has 1 unspecified atom stereocenters. The first-order valence-corrected chi connectivity index (χ1v) is 6.46. The second-order valence-corrected chi connectivity index (χ2v) is 4.70. The molecular weight excluding hydrogens is 210 g/mol. The number of aromatic nitrogens is 1. The molecule has 1 fully saturated rings. The predicted octanol–water partition coefficient (Wildman–Crippen LogP) is 2.96. The summed E-state index contributed by atoms with van der Waals surface area (Å²) in [6.45, 7) is 0. The van der Waals surface area contributed by atoms with Crippen molar-refractivity contribution in [2.24, 2.45) is 0 Å². The second-order valence-electron chi connectivity index (χ2n) is 4.70. The van der Waals surface area contributed by atoms with Crippen molar-refractivity contribution >= 4 is 0 Å². The van der Waals surface area contributed by atoms with E-state index in [2.05, 4.69) is 16.4 Å². The summed E-state index contributed by atoms with van der Waals surface area (Å²) in [6.07, 6.45) is 11.1. The summed E-state index contributed by atoms with van der Waals surface area (Å²) in [5.74, 6) is 0. The first-order chi connectivity index (χ1) is 8.40. The Morgan fingerprint density at radius 3 is 2.65 bits per heavy atom. The molecule has 0 radical (unpaired) electrons. The number of nitrogens with zero attached hydrogens (tertiary/aromatic N) is 2. The third-order valence-corrected chi connectivity index (χ3v) is 3.40. The van der Waals surface area contributed by atoms with Crippen molar-refractivity contribution in [1.82, 2.24) is 10.3 Å². The monoisotopic (exact) mass is 229 g/mol. The maximum Gasteiger partial charge on any atom is 0.123 e. The van der Waals surface area contributed by atoms with Crippen molar-refractivity contribution in [3.8, 4) is 6.07 Å². The fourth-order valence-electron chi connectivity index (χ4n) is 2.44. The van der Waals surface area contributed by atoms with Gasteiger partial charge in [-0.3, -0.25) is 10.3 Å². The van der Waals surface area contributed by atoms with Gasteiger partial charge >= 0.3 is 0 Å². The van der Waals surface area contributed by atoms with Crippen molar-refractivity contribution in [2.45, 2.75) is 50.6 Å². The Labute approximate surface area is 103 Å². The highest BCUT2D eigenvalue weighted by atomic mass is 15.0. The Hall–Kier alpha value is -1.40. The summed E-state index contributed by atoms with van der Waals surface area (Å²) in [5.41, 5.74) is 0.972. The molecule has 3 nitrogen and oxygen atoms in total. The minimum atomic E-state index is -0.216. The standard InChI is InChI=1S/C14H19N3/c15-10-14(12-6-5-9-16-11-12)17-13-7-3-1-2-4-8-13/h5-6,9,11,13-14,17H,1-4,7-8H2. The van der Waals surface area contributed by atoms with Crippen LogP contribution in [-0.2, 0) is 0 Å². The number of hydrogen-bond donors (Lipinski definition) is 1. The van der Waals surface area contributed by atoms with Crippen LogP contribution in [0.3, 0.4) is 0 Å². The Bertz CT molecular complexity index is 361. The normalized spacial score (nSPS) is 19.2. The lowest BCUT2D eigenvalue weighted by atomic mass is 10.1. The summed E-state index contributed by atoms with van der Waals surface area (Å²) >= 11 is 0. The molecule has 2 rings (SSSR count). The Morgan fingerprint density at radius 1 is 1.29 bits per heavy atom. The van der Waals surface area contributed by atoms with Crippen molar-refractivity contribution in [1.29, 1.82) is 5.26 Å². The quantitative estimate of drug-likeness (QED) is 0.811. The lowest BCUT2D eigenvalue weighted by Crippen LogP contribution is -2.31. The van der Waals surface area contributed by atoms with Gasteiger partial charge in [0.15, 0.2) is 0 Å². The molecule has 1 aromatic heterocycles. The van der Waals surface area contributed by atoms with E-state index in [-0.39, 0.29) is 6.04 Å². The summed E-state index contributed by atoms with van der Waals surface area (Å²) in [6, 6.07) is 6.45. The first kappa shape index (κ1) is 12.1. The van der Waals surface area contributed by atoms with Crippen molar-refractivity contribution in [3.05, 3.63) is 30.1 Å². The minimum Gasteiger partial charge on any atom is -0.295 e. The Morgan fingerprint density at radius 2 is 2.06 bits per heavy atom. The Kier molecular flexibility index (Phi) is 4.52. The van der Waals surface area contributed by atoms with Crippen LogP contribution in [0.5, 0.6) is 0 Å². The van der Waals surface area contributed by atoms with Gasteiger partial charge in [-0.25, -0.2) is 0 Å². The lowest BCUT2D eigenvalue weighted by molar-refractivity contribution is 0.436. The number of nitrogens with one attached hydrogen (secondary N) is 1. The average molecular weight is 229 g/mol. The fraction of sp³-hybridized carbons (Fsp3) is 0.571. The fourth-order valence-corrected chi connectivity index (χ4v) is 2.44. The van der Waals surface area contributed by atoms with Crippen LogP contribution in [0.1, 0.15) is 50.1 Å². The van der Waals surface area contributed by atoms with Crippen LogP contribution in [0.2, 0.25) is 0 Å². The summed E-state index contributed by atoms with van der Waals surface area (Å²) in [5, 5.41) is 12.7. The zero-order valence-corrected chi connectivity index (χ0v) is 10.1. The highest BCUT2D eigenvalue weighted by Gasteiger charge is 2.17. The van der Waals surface area contributed by atoms with Gasteiger partial charge in [-0.1, -0.05) is 31.7 Å². The molecule has 1 atom stereocenters. The molecule has 0 aromatic carbocycles. The van der Waals surface area contributed by atoms with E-state index in [1.807, 2.05) is 12.1 Å². The van der Waals surface area contributed by atoms with Gasteiger partial charge in [0.25, 0.3) is 0 Å². The summed E-state index contributed by atoms with van der Waals surface area (Å²) in [4.78, 5) is 4.07. The molecule has 0 bridgehead atoms. The van der Waals surface area contributed by atoms with Gasteiger partial charge in [-0.15, -0.1) is 0 Å². The van der Waals surface area contributed by atoms with Gasteiger partial charge < -0.3 is 0 Å². The van der Waals surface area contributed by atoms with E-state index >= 15 is 0 Å². The Balaban J connectivity index is 1.98. The molecule has 1 aliphatic rings. The molecule has 0 saturated heterocycles. The highest BCUT2D eigenvalue weighted by Crippen LogP contribution is 2.20. The van der Waals surface area contributed by atoms with E-state index in [4.69, 9.17) is 0 Å². The van der Waals surface area contributed by atoms with E-state index in [1.54, 1.807) is 12.4 Å². The number of pyridine rings is 1. The van der Waals surface area contributed by atoms with Crippen LogP contribution in [0, 0.1) is 11.3 Å². The largest absolute Gasteiger partial charge is 0.295 e. The number of nitriles is 1. The molecule has 1 aliphatic carbocycles. The van der Waals surface area contributed by atoms with Gasteiger partial charge in [0.1, 0.15) is 6.04 Å². The lowest BCUT2D eigenvalue weighted by Gasteiger charge is -2.20. The van der Waals surface area contributed by atoms with Crippen LogP contribution in [0.25, 0.3) is 0 Å². The van der Waals surface area contributed by atoms with Crippen molar-refractivity contribution < 1.29 is 0 Å². The maximum atomic E-state index is 9.24. The molecule has 1 aromatic rings. The van der Waals surface area contributed by atoms with Gasteiger partial charge in [0.2, 0.25) is 0 Å². The van der Waals surface area contributed by atoms with Crippen LogP contribution in [-0.4, -0.2) is 11.0 Å². The van der Waals surface area contributed by atoms with Crippen LogP contribution in [0.4, 0.5) is 0 Å². The van der Waals surface area contributed by atoms with Crippen molar-refractivity contribution in [2.75, 3.05) is 0 Å². The molecule has 0 spiro atoms. The van der Waals surface area contributed by atoms with Crippen LogP contribution >= 0.6 is 0 Å². The molecule has 0 aliphatic heterocycles. The van der Waals surface area contributed by atoms with Crippen LogP contribution < -0.4 is 5.32 Å². The number of hydrogen-bond acceptors (Lipinski definition) is 3. The SMILES string of the molecule is N#CC(NC1CCCCCC1)c1cccnc1. The summed E-state index contributed by atoms with van der Waals surface area (Å²) in [7, 11) is 0. The summed E-state index contributed by atoms with van der Waals surface area (Å²) < 4.78 is 0. The molecule has 17 heavy (non-hydrogen) atoms. The average Bonchev–Trinajstić information content (AvgIpc) is 2.65. The van der Waals surface area contributed by atoms with E-state index in [9.17, 15) is 5.26 Å². The van der Waals surface area contributed by atoms with E-state index in [1.165, 1.54) is 38.5 Å². The van der Waals surface area contributed by atoms with E-state index in [0.29, 0.717) is 6.04 Å². The predicted molar refractivity (Wildman–Crippen MR) is 67.2 cm³/mol. The third kappa shape index (κ3) is 3.54. The molecule has 1 heterocycles. The van der Waals surface area contributed by atoms with Crippen molar-refractivity contribution in [3.63, 3.8) is 0 Å². The van der Waals surface area contributed by atoms with Gasteiger partial charge in [-0.05, 0) is 18.9 Å². The third-order valence-electron chi connectivity index (χ3n) is 3.40. The second kappa shape index (κ2) is 6.36. The molecule has 3 heteroatoms. The zero-order chi connectivity index (χ0) is 11.9. The van der Waals surface area contributed by atoms with E-state index < -0.39 is 0 Å².